The van der Waals surface area contributed by atoms with Crippen LogP contribution >= 0.6 is 0 Å². The Kier molecular flexibility index (Phi) is 5.44. The molecule has 0 aliphatic carbocycles. The number of aromatic nitrogens is 2. The van der Waals surface area contributed by atoms with Gasteiger partial charge in [-0.2, -0.15) is 5.10 Å². The van der Waals surface area contributed by atoms with Crippen molar-refractivity contribution >= 4 is 0 Å². The maximum Gasteiger partial charge on any atom is 0.0521 e. The standard InChI is InChI=1S/C9H16N2.C2H6/c1-7(2)6-11-9(4)8(3)5-10-11;1-2/h5,7H,6H2,1-4H3;1-2H3. The summed E-state index contributed by atoms with van der Waals surface area (Å²) in [6.07, 6.45) is 1.93. The summed E-state index contributed by atoms with van der Waals surface area (Å²) in [4.78, 5) is 0. The molecule has 13 heavy (non-hydrogen) atoms. The molecule has 1 rings (SSSR count). The molecule has 0 unspecified atom stereocenters. The van der Waals surface area contributed by atoms with Gasteiger partial charge in [0.25, 0.3) is 0 Å². The predicted octanol–water partition coefficient (Wildman–Crippen LogP) is 3.18. The summed E-state index contributed by atoms with van der Waals surface area (Å²) in [5.41, 5.74) is 2.57. The summed E-state index contributed by atoms with van der Waals surface area (Å²) in [6, 6.07) is 0. The summed E-state index contributed by atoms with van der Waals surface area (Å²) in [6.45, 7) is 13.6. The third-order valence-corrected chi connectivity index (χ3v) is 1.89. The smallest absolute Gasteiger partial charge is 0.0521 e. The van der Waals surface area contributed by atoms with Gasteiger partial charge < -0.3 is 0 Å². The van der Waals surface area contributed by atoms with E-state index in [0.29, 0.717) is 5.92 Å². The van der Waals surface area contributed by atoms with Crippen LogP contribution in [0.25, 0.3) is 0 Å². The summed E-state index contributed by atoms with van der Waals surface area (Å²) >= 11 is 0. The molecule has 0 saturated carbocycles. The first-order valence-corrected chi connectivity index (χ1v) is 5.10. The molecular weight excluding hydrogens is 160 g/mol. The van der Waals surface area contributed by atoms with Crippen LogP contribution in [0.1, 0.15) is 39.0 Å². The Bertz CT molecular complexity index is 236. The number of rotatable bonds is 2. The molecule has 0 aliphatic rings. The molecule has 76 valence electrons. The lowest BCUT2D eigenvalue weighted by Crippen LogP contribution is -2.07. The van der Waals surface area contributed by atoms with E-state index in [9.17, 15) is 0 Å². The third-order valence-electron chi connectivity index (χ3n) is 1.89. The Labute approximate surface area is 82.0 Å². The van der Waals surface area contributed by atoms with Crippen LogP contribution in [0.5, 0.6) is 0 Å². The minimum atomic E-state index is 0.674. The Morgan fingerprint density at radius 3 is 2.15 bits per heavy atom. The van der Waals surface area contributed by atoms with Crippen LogP contribution in [-0.2, 0) is 6.54 Å². The van der Waals surface area contributed by atoms with Crippen molar-refractivity contribution < 1.29 is 0 Å². The highest BCUT2D eigenvalue weighted by Gasteiger charge is 2.02. The van der Waals surface area contributed by atoms with Gasteiger partial charge in [-0.3, -0.25) is 4.68 Å². The van der Waals surface area contributed by atoms with Crippen LogP contribution in [0.15, 0.2) is 6.20 Å². The van der Waals surface area contributed by atoms with Crippen LogP contribution in [0.3, 0.4) is 0 Å². The van der Waals surface area contributed by atoms with Gasteiger partial charge in [0, 0.05) is 12.2 Å². The zero-order valence-corrected chi connectivity index (χ0v) is 9.76. The van der Waals surface area contributed by atoms with Gasteiger partial charge in [-0.15, -0.1) is 0 Å². The average Bonchev–Trinajstić information content (AvgIpc) is 2.39. The maximum absolute atomic E-state index is 4.27. The van der Waals surface area contributed by atoms with E-state index in [1.165, 1.54) is 11.3 Å². The second-order valence-corrected chi connectivity index (χ2v) is 3.49. The zero-order valence-electron chi connectivity index (χ0n) is 9.76. The van der Waals surface area contributed by atoms with E-state index in [4.69, 9.17) is 0 Å². The van der Waals surface area contributed by atoms with Gasteiger partial charge in [0.1, 0.15) is 0 Å². The molecule has 2 heteroatoms. The molecule has 0 bridgehead atoms. The Hall–Kier alpha value is -0.790. The second-order valence-electron chi connectivity index (χ2n) is 3.49. The van der Waals surface area contributed by atoms with E-state index in [0.717, 1.165) is 6.54 Å². The van der Waals surface area contributed by atoms with Crippen LogP contribution < -0.4 is 0 Å². The lowest BCUT2D eigenvalue weighted by Gasteiger charge is -2.06. The first-order chi connectivity index (χ1) is 6.11. The van der Waals surface area contributed by atoms with E-state index in [2.05, 4.69) is 37.5 Å². The molecule has 1 aromatic rings. The van der Waals surface area contributed by atoms with Crippen LogP contribution in [-0.4, -0.2) is 9.78 Å². The van der Waals surface area contributed by atoms with Crippen LogP contribution in [0.4, 0.5) is 0 Å². The van der Waals surface area contributed by atoms with Crippen molar-refractivity contribution in [3.63, 3.8) is 0 Å². The lowest BCUT2D eigenvalue weighted by atomic mass is 10.2. The molecule has 0 N–H and O–H groups in total. The molecule has 0 amide bonds. The van der Waals surface area contributed by atoms with Crippen molar-refractivity contribution in [2.45, 2.75) is 48.1 Å². The largest absolute Gasteiger partial charge is 0.269 e. The highest BCUT2D eigenvalue weighted by molar-refractivity contribution is 5.13. The third kappa shape index (κ3) is 3.62. The number of nitrogens with zero attached hydrogens (tertiary/aromatic N) is 2. The fraction of sp³-hybridized carbons (Fsp3) is 0.727. The van der Waals surface area contributed by atoms with Crippen molar-refractivity contribution in [2.24, 2.45) is 5.92 Å². The zero-order chi connectivity index (χ0) is 10.4. The molecule has 2 nitrogen and oxygen atoms in total. The molecule has 0 aliphatic heterocycles. The lowest BCUT2D eigenvalue weighted by molar-refractivity contribution is 0.474. The Morgan fingerprint density at radius 1 is 1.31 bits per heavy atom. The van der Waals surface area contributed by atoms with Gasteiger partial charge >= 0.3 is 0 Å². The molecule has 0 saturated heterocycles. The summed E-state index contributed by atoms with van der Waals surface area (Å²) in [5, 5.41) is 4.27. The van der Waals surface area contributed by atoms with E-state index in [1.807, 2.05) is 20.0 Å². The molecule has 0 fully saturated rings. The van der Waals surface area contributed by atoms with Gasteiger partial charge in [0.2, 0.25) is 0 Å². The summed E-state index contributed by atoms with van der Waals surface area (Å²) in [7, 11) is 0. The predicted molar refractivity (Wildman–Crippen MR) is 57.9 cm³/mol. The van der Waals surface area contributed by atoms with Crippen LogP contribution in [0.2, 0.25) is 0 Å². The van der Waals surface area contributed by atoms with Crippen molar-refractivity contribution in [3.8, 4) is 0 Å². The van der Waals surface area contributed by atoms with Gasteiger partial charge in [-0.05, 0) is 25.3 Å². The van der Waals surface area contributed by atoms with Crippen molar-refractivity contribution in [3.05, 3.63) is 17.5 Å². The second kappa shape index (κ2) is 5.79. The van der Waals surface area contributed by atoms with Crippen molar-refractivity contribution in [1.82, 2.24) is 9.78 Å². The SMILES string of the molecule is CC.Cc1cnn(CC(C)C)c1C. The first-order valence-electron chi connectivity index (χ1n) is 5.10. The van der Waals surface area contributed by atoms with Crippen molar-refractivity contribution in [2.75, 3.05) is 0 Å². The quantitative estimate of drug-likeness (QED) is 0.687. The fourth-order valence-electron chi connectivity index (χ4n) is 1.07. The molecule has 1 heterocycles. The highest BCUT2D eigenvalue weighted by atomic mass is 15.3. The van der Waals surface area contributed by atoms with Crippen LogP contribution in [0, 0.1) is 19.8 Å². The van der Waals surface area contributed by atoms with Gasteiger partial charge in [0.15, 0.2) is 0 Å². The summed E-state index contributed by atoms with van der Waals surface area (Å²) < 4.78 is 2.07. The fourth-order valence-corrected chi connectivity index (χ4v) is 1.07. The number of aryl methyl sites for hydroxylation is 1. The normalized spacial score (nSPS) is 9.77. The van der Waals surface area contributed by atoms with Gasteiger partial charge in [0.05, 0.1) is 6.20 Å². The van der Waals surface area contributed by atoms with E-state index in [1.54, 1.807) is 0 Å². The molecular formula is C11H22N2. The maximum atomic E-state index is 4.27. The van der Waals surface area contributed by atoms with Gasteiger partial charge in [-0.1, -0.05) is 27.7 Å². The molecule has 0 spiro atoms. The van der Waals surface area contributed by atoms with E-state index in [-0.39, 0.29) is 0 Å². The number of hydrogen-bond acceptors (Lipinski definition) is 1. The van der Waals surface area contributed by atoms with Crippen molar-refractivity contribution in [1.29, 1.82) is 0 Å². The monoisotopic (exact) mass is 182 g/mol. The Balaban J connectivity index is 0.000000671. The molecule has 0 atom stereocenters. The topological polar surface area (TPSA) is 17.8 Å². The minimum absolute atomic E-state index is 0.674. The minimum Gasteiger partial charge on any atom is -0.269 e. The molecule has 0 radical (unpaired) electrons. The van der Waals surface area contributed by atoms with Gasteiger partial charge in [-0.25, -0.2) is 0 Å². The molecule has 0 aromatic carbocycles. The van der Waals surface area contributed by atoms with E-state index < -0.39 is 0 Å². The highest BCUT2D eigenvalue weighted by Crippen LogP contribution is 2.07. The molecule has 1 aromatic heterocycles. The Morgan fingerprint density at radius 2 is 1.85 bits per heavy atom. The summed E-state index contributed by atoms with van der Waals surface area (Å²) in [5.74, 6) is 0.674. The number of hydrogen-bond donors (Lipinski definition) is 0. The first kappa shape index (κ1) is 12.2. The average molecular weight is 182 g/mol. The van der Waals surface area contributed by atoms with E-state index >= 15 is 0 Å².